The number of carbonyl (C=O) groups is 3. The van der Waals surface area contributed by atoms with Crippen molar-refractivity contribution in [3.8, 4) is 0 Å². The Hall–Kier alpha value is -0.990. The van der Waals surface area contributed by atoms with Crippen molar-refractivity contribution >= 4 is 17.3 Å². The maximum absolute atomic E-state index is 11.5. The van der Waals surface area contributed by atoms with Crippen LogP contribution in [0.2, 0.25) is 0 Å². The molecule has 0 aliphatic rings. The maximum Gasteiger partial charge on any atom is 0.140 e. The number of unbranched alkanes of at least 4 members (excludes halogenated alkanes) is 3. The molecule has 0 aromatic rings. The largest absolute Gasteiger partial charge is 0.300 e. The third-order valence-corrected chi connectivity index (χ3v) is 3.00. The van der Waals surface area contributed by atoms with Gasteiger partial charge in [-0.15, -0.1) is 0 Å². The molecule has 3 nitrogen and oxygen atoms in total. The standard InChI is InChI=1S/C14H24O3/c1-4-5-6-7-8-13(17)9-10-14(11(2)15)12(3)16/h14H,4-10H2,1-3H3. The highest BCUT2D eigenvalue weighted by molar-refractivity contribution is 6.00. The summed E-state index contributed by atoms with van der Waals surface area (Å²) >= 11 is 0. The summed E-state index contributed by atoms with van der Waals surface area (Å²) in [6.45, 7) is 4.96. The Morgan fingerprint density at radius 3 is 1.94 bits per heavy atom. The van der Waals surface area contributed by atoms with Crippen molar-refractivity contribution < 1.29 is 14.4 Å². The van der Waals surface area contributed by atoms with E-state index in [0.717, 1.165) is 25.7 Å². The van der Waals surface area contributed by atoms with E-state index in [1.54, 1.807) is 0 Å². The van der Waals surface area contributed by atoms with Gasteiger partial charge in [0, 0.05) is 12.8 Å². The van der Waals surface area contributed by atoms with Crippen LogP contribution in [0.25, 0.3) is 0 Å². The molecule has 0 saturated heterocycles. The van der Waals surface area contributed by atoms with Crippen molar-refractivity contribution in [2.45, 2.75) is 65.7 Å². The Bertz CT molecular complexity index is 255. The second-order valence-electron chi connectivity index (χ2n) is 4.66. The van der Waals surface area contributed by atoms with Gasteiger partial charge in [0.2, 0.25) is 0 Å². The molecule has 0 heterocycles. The first kappa shape index (κ1) is 16.0. The number of carbonyl (C=O) groups excluding carboxylic acids is 3. The molecule has 0 atom stereocenters. The molecular weight excluding hydrogens is 216 g/mol. The van der Waals surface area contributed by atoms with E-state index < -0.39 is 5.92 Å². The van der Waals surface area contributed by atoms with E-state index in [9.17, 15) is 14.4 Å². The Balaban J connectivity index is 3.81. The highest BCUT2D eigenvalue weighted by atomic mass is 16.1. The molecule has 0 unspecified atom stereocenters. The second-order valence-corrected chi connectivity index (χ2v) is 4.66. The maximum atomic E-state index is 11.5. The molecule has 17 heavy (non-hydrogen) atoms. The minimum absolute atomic E-state index is 0.128. The molecule has 0 bridgehead atoms. The van der Waals surface area contributed by atoms with E-state index in [2.05, 4.69) is 6.92 Å². The van der Waals surface area contributed by atoms with Gasteiger partial charge in [-0.2, -0.15) is 0 Å². The minimum Gasteiger partial charge on any atom is -0.300 e. The third kappa shape index (κ3) is 7.83. The normalized spacial score (nSPS) is 10.6. The molecular formula is C14H24O3. The molecule has 0 aromatic carbocycles. The number of Topliss-reactive ketones (excluding diaryl/α,β-unsaturated/α-hetero) is 3. The summed E-state index contributed by atoms with van der Waals surface area (Å²) in [6.07, 6.45) is 5.67. The predicted octanol–water partition coefficient (Wildman–Crippen LogP) is 3.10. The fourth-order valence-electron chi connectivity index (χ4n) is 1.87. The van der Waals surface area contributed by atoms with Crippen LogP contribution in [-0.4, -0.2) is 17.3 Å². The average Bonchev–Trinajstić information content (AvgIpc) is 2.23. The van der Waals surface area contributed by atoms with Crippen LogP contribution in [0.15, 0.2) is 0 Å². The molecule has 0 N–H and O–H groups in total. The van der Waals surface area contributed by atoms with Crippen LogP contribution in [0.5, 0.6) is 0 Å². The fourth-order valence-corrected chi connectivity index (χ4v) is 1.87. The second kappa shape index (κ2) is 9.08. The summed E-state index contributed by atoms with van der Waals surface area (Å²) in [4.78, 5) is 33.9. The zero-order valence-electron chi connectivity index (χ0n) is 11.3. The lowest BCUT2D eigenvalue weighted by atomic mass is 9.93. The number of rotatable bonds is 10. The number of ketones is 3. The van der Waals surface area contributed by atoms with Gasteiger partial charge in [-0.1, -0.05) is 26.2 Å². The van der Waals surface area contributed by atoms with Gasteiger partial charge in [0.15, 0.2) is 0 Å². The van der Waals surface area contributed by atoms with Crippen LogP contribution in [0.3, 0.4) is 0 Å². The topological polar surface area (TPSA) is 51.2 Å². The van der Waals surface area contributed by atoms with Crippen LogP contribution < -0.4 is 0 Å². The number of hydrogen-bond donors (Lipinski definition) is 0. The average molecular weight is 240 g/mol. The van der Waals surface area contributed by atoms with Crippen molar-refractivity contribution in [2.75, 3.05) is 0 Å². The Morgan fingerprint density at radius 1 is 0.882 bits per heavy atom. The van der Waals surface area contributed by atoms with Gasteiger partial charge in [0.05, 0.1) is 5.92 Å². The van der Waals surface area contributed by atoms with Gasteiger partial charge in [0.1, 0.15) is 17.3 Å². The lowest BCUT2D eigenvalue weighted by Crippen LogP contribution is -2.20. The molecule has 98 valence electrons. The smallest absolute Gasteiger partial charge is 0.140 e. The van der Waals surface area contributed by atoms with E-state index in [4.69, 9.17) is 0 Å². The van der Waals surface area contributed by atoms with E-state index >= 15 is 0 Å². The summed E-state index contributed by atoms with van der Waals surface area (Å²) in [6, 6.07) is 0. The molecule has 0 radical (unpaired) electrons. The van der Waals surface area contributed by atoms with E-state index in [-0.39, 0.29) is 17.3 Å². The molecule has 0 aliphatic heterocycles. The van der Waals surface area contributed by atoms with E-state index in [1.807, 2.05) is 0 Å². The van der Waals surface area contributed by atoms with Crippen molar-refractivity contribution in [1.29, 1.82) is 0 Å². The molecule has 0 rings (SSSR count). The van der Waals surface area contributed by atoms with Crippen LogP contribution >= 0.6 is 0 Å². The summed E-state index contributed by atoms with van der Waals surface area (Å²) in [5, 5.41) is 0. The highest BCUT2D eigenvalue weighted by Crippen LogP contribution is 2.12. The lowest BCUT2D eigenvalue weighted by Gasteiger charge is -2.09. The van der Waals surface area contributed by atoms with Crippen molar-refractivity contribution in [3.05, 3.63) is 0 Å². The van der Waals surface area contributed by atoms with Gasteiger partial charge < -0.3 is 0 Å². The molecule has 0 spiro atoms. The Kier molecular flexibility index (Phi) is 8.55. The molecule has 0 saturated carbocycles. The Morgan fingerprint density at radius 2 is 1.47 bits per heavy atom. The van der Waals surface area contributed by atoms with Gasteiger partial charge in [-0.05, 0) is 26.7 Å². The summed E-state index contributed by atoms with van der Waals surface area (Å²) in [7, 11) is 0. The van der Waals surface area contributed by atoms with Gasteiger partial charge in [-0.3, -0.25) is 14.4 Å². The highest BCUT2D eigenvalue weighted by Gasteiger charge is 2.20. The van der Waals surface area contributed by atoms with E-state index in [0.29, 0.717) is 19.3 Å². The van der Waals surface area contributed by atoms with Gasteiger partial charge >= 0.3 is 0 Å². The fraction of sp³-hybridized carbons (Fsp3) is 0.786. The summed E-state index contributed by atoms with van der Waals surface area (Å²) < 4.78 is 0. The number of hydrogen-bond acceptors (Lipinski definition) is 3. The zero-order chi connectivity index (χ0) is 13.3. The molecule has 0 aliphatic carbocycles. The minimum atomic E-state index is -0.574. The third-order valence-electron chi connectivity index (χ3n) is 3.00. The first-order valence-corrected chi connectivity index (χ1v) is 6.51. The molecule has 0 amide bonds. The van der Waals surface area contributed by atoms with Crippen molar-refractivity contribution in [2.24, 2.45) is 5.92 Å². The summed E-state index contributed by atoms with van der Waals surface area (Å²) in [5.74, 6) is -0.657. The molecule has 0 aromatic heterocycles. The van der Waals surface area contributed by atoms with Crippen molar-refractivity contribution in [3.63, 3.8) is 0 Å². The molecule has 0 fully saturated rings. The predicted molar refractivity (Wildman–Crippen MR) is 67.9 cm³/mol. The van der Waals surface area contributed by atoms with Crippen LogP contribution in [0, 0.1) is 5.92 Å². The van der Waals surface area contributed by atoms with Gasteiger partial charge in [-0.25, -0.2) is 0 Å². The van der Waals surface area contributed by atoms with Gasteiger partial charge in [0.25, 0.3) is 0 Å². The van der Waals surface area contributed by atoms with E-state index in [1.165, 1.54) is 13.8 Å². The lowest BCUT2D eigenvalue weighted by molar-refractivity contribution is -0.130. The quantitative estimate of drug-likeness (QED) is 0.435. The summed E-state index contributed by atoms with van der Waals surface area (Å²) in [5.41, 5.74) is 0. The zero-order valence-corrected chi connectivity index (χ0v) is 11.3. The van der Waals surface area contributed by atoms with Crippen molar-refractivity contribution in [1.82, 2.24) is 0 Å². The SMILES string of the molecule is CCCCCCC(=O)CCC(C(C)=O)C(C)=O. The Labute approximate surface area is 104 Å². The molecule has 3 heteroatoms. The van der Waals surface area contributed by atoms with Crippen LogP contribution in [-0.2, 0) is 14.4 Å². The first-order chi connectivity index (χ1) is 7.99. The first-order valence-electron chi connectivity index (χ1n) is 6.51. The monoisotopic (exact) mass is 240 g/mol. The van der Waals surface area contributed by atoms with Crippen LogP contribution in [0.1, 0.15) is 65.7 Å². The van der Waals surface area contributed by atoms with Crippen LogP contribution in [0.4, 0.5) is 0 Å².